The summed E-state index contributed by atoms with van der Waals surface area (Å²) in [5, 5.41) is 4.08. The van der Waals surface area contributed by atoms with Crippen LogP contribution in [-0.4, -0.2) is 38.4 Å². The number of nitrogen functional groups attached to an aromatic ring is 1. The van der Waals surface area contributed by atoms with Crippen LogP contribution in [0.3, 0.4) is 0 Å². The van der Waals surface area contributed by atoms with Gasteiger partial charge in [0.15, 0.2) is 11.5 Å². The molecule has 2 heterocycles. The number of ether oxygens (including phenoxy) is 2. The minimum Gasteiger partial charge on any atom is -0.474 e. The summed E-state index contributed by atoms with van der Waals surface area (Å²) in [4.78, 5) is 20.0. The normalized spacial score (nSPS) is 10.7. The first-order chi connectivity index (χ1) is 10.0. The van der Waals surface area contributed by atoms with Crippen molar-refractivity contribution in [3.05, 3.63) is 24.3 Å². The maximum Gasteiger partial charge on any atom is 0.361 e. The summed E-state index contributed by atoms with van der Waals surface area (Å²) >= 11 is 0. The van der Waals surface area contributed by atoms with Gasteiger partial charge in [-0.25, -0.2) is 9.48 Å². The van der Waals surface area contributed by atoms with Crippen molar-refractivity contribution >= 4 is 11.7 Å². The van der Waals surface area contributed by atoms with Crippen LogP contribution in [0.5, 0.6) is 5.88 Å². The molecule has 8 heteroatoms. The highest BCUT2D eigenvalue weighted by Gasteiger charge is 2.17. The van der Waals surface area contributed by atoms with E-state index in [2.05, 4.69) is 15.1 Å². The van der Waals surface area contributed by atoms with Gasteiger partial charge in [0.2, 0.25) is 5.88 Å². The second-order valence-corrected chi connectivity index (χ2v) is 4.48. The third-order valence-corrected chi connectivity index (χ3v) is 2.40. The molecule has 0 saturated carbocycles. The average Bonchev–Trinajstić information content (AvgIpc) is 2.81. The summed E-state index contributed by atoms with van der Waals surface area (Å²) in [6, 6.07) is 0. The van der Waals surface area contributed by atoms with Gasteiger partial charge in [-0.3, -0.25) is 4.98 Å². The van der Waals surface area contributed by atoms with E-state index in [1.54, 1.807) is 6.92 Å². The van der Waals surface area contributed by atoms with Crippen LogP contribution < -0.4 is 10.5 Å². The Bertz CT molecular complexity index is 638. The number of carbonyl (C=O) groups excluding carboxylic acids is 1. The van der Waals surface area contributed by atoms with E-state index in [0.717, 1.165) is 0 Å². The maximum atomic E-state index is 11.7. The predicted octanol–water partition coefficient (Wildman–Crippen LogP) is 1.21. The molecule has 0 aliphatic carbocycles. The van der Waals surface area contributed by atoms with Crippen LogP contribution in [0, 0.1) is 0 Å². The van der Waals surface area contributed by atoms with E-state index in [-0.39, 0.29) is 24.1 Å². The number of nitrogens with two attached hydrogens (primary N) is 1. The summed E-state index contributed by atoms with van der Waals surface area (Å²) in [6.07, 6.45) is 4.46. The van der Waals surface area contributed by atoms with Crippen molar-refractivity contribution < 1.29 is 14.3 Å². The standard InChI is InChI=1S/C13H17N5O3/c1-4-20-13(19)12-9(14)7-18(17-12)10-5-15-6-11(16-10)21-8(2)3/h5-8H,4,14H2,1-3H3. The van der Waals surface area contributed by atoms with Crippen molar-refractivity contribution in [2.24, 2.45) is 0 Å². The number of hydrogen-bond acceptors (Lipinski definition) is 7. The van der Waals surface area contributed by atoms with Crippen molar-refractivity contribution in [1.29, 1.82) is 0 Å². The highest BCUT2D eigenvalue weighted by Crippen LogP contribution is 2.15. The predicted molar refractivity (Wildman–Crippen MR) is 75.3 cm³/mol. The van der Waals surface area contributed by atoms with Crippen LogP contribution in [-0.2, 0) is 4.74 Å². The van der Waals surface area contributed by atoms with Gasteiger partial charge in [0.25, 0.3) is 0 Å². The zero-order valence-corrected chi connectivity index (χ0v) is 12.1. The summed E-state index contributed by atoms with van der Waals surface area (Å²) in [5.41, 5.74) is 6.03. The minimum atomic E-state index is -0.573. The fraction of sp³-hybridized carbons (Fsp3) is 0.385. The van der Waals surface area contributed by atoms with E-state index in [0.29, 0.717) is 11.7 Å². The number of hydrogen-bond donors (Lipinski definition) is 1. The summed E-state index contributed by atoms with van der Waals surface area (Å²) < 4.78 is 11.7. The lowest BCUT2D eigenvalue weighted by atomic mass is 10.4. The van der Waals surface area contributed by atoms with Crippen molar-refractivity contribution in [3.8, 4) is 11.7 Å². The maximum absolute atomic E-state index is 11.7. The van der Waals surface area contributed by atoms with E-state index >= 15 is 0 Å². The van der Waals surface area contributed by atoms with Gasteiger partial charge in [-0.1, -0.05) is 0 Å². The molecule has 0 aliphatic heterocycles. The second kappa shape index (κ2) is 6.21. The molecule has 2 rings (SSSR count). The molecule has 2 N–H and O–H groups in total. The number of aromatic nitrogens is 4. The number of carbonyl (C=O) groups is 1. The van der Waals surface area contributed by atoms with Crippen LogP contribution in [0.25, 0.3) is 5.82 Å². The monoisotopic (exact) mass is 291 g/mol. The molecule has 0 spiro atoms. The zero-order chi connectivity index (χ0) is 15.4. The zero-order valence-electron chi connectivity index (χ0n) is 12.1. The number of nitrogens with zero attached hydrogens (tertiary/aromatic N) is 4. The Labute approximate surface area is 121 Å². The topological polar surface area (TPSA) is 105 Å². The molecule has 0 amide bonds. The number of rotatable bonds is 5. The smallest absolute Gasteiger partial charge is 0.361 e. The molecule has 112 valence electrons. The van der Waals surface area contributed by atoms with Crippen LogP contribution in [0.1, 0.15) is 31.3 Å². The first-order valence-electron chi connectivity index (χ1n) is 6.52. The van der Waals surface area contributed by atoms with Gasteiger partial charge in [-0.05, 0) is 20.8 Å². The Balaban J connectivity index is 2.30. The molecular formula is C13H17N5O3. The molecule has 2 aromatic heterocycles. The molecule has 21 heavy (non-hydrogen) atoms. The fourth-order valence-corrected chi connectivity index (χ4v) is 1.61. The van der Waals surface area contributed by atoms with E-state index < -0.39 is 5.97 Å². The van der Waals surface area contributed by atoms with Crippen LogP contribution in [0.15, 0.2) is 18.6 Å². The second-order valence-electron chi connectivity index (χ2n) is 4.48. The lowest BCUT2D eigenvalue weighted by molar-refractivity contribution is 0.0520. The molecule has 2 aromatic rings. The van der Waals surface area contributed by atoms with E-state index in [1.807, 2.05) is 13.8 Å². The SMILES string of the molecule is CCOC(=O)c1nn(-c2cncc(OC(C)C)n2)cc1N. The highest BCUT2D eigenvalue weighted by molar-refractivity contribution is 5.92. The quantitative estimate of drug-likeness (QED) is 0.825. The third kappa shape index (κ3) is 3.47. The third-order valence-electron chi connectivity index (χ3n) is 2.40. The van der Waals surface area contributed by atoms with Crippen LogP contribution in [0.2, 0.25) is 0 Å². The summed E-state index contributed by atoms with van der Waals surface area (Å²) in [5.74, 6) is 0.195. The molecule has 0 radical (unpaired) electrons. The summed E-state index contributed by atoms with van der Waals surface area (Å²) in [7, 11) is 0. The lowest BCUT2D eigenvalue weighted by Gasteiger charge is -2.08. The molecule has 0 bridgehead atoms. The first kappa shape index (κ1) is 14.8. The van der Waals surface area contributed by atoms with Gasteiger partial charge in [0.05, 0.1) is 37.0 Å². The Morgan fingerprint density at radius 2 is 2.19 bits per heavy atom. The average molecular weight is 291 g/mol. The number of anilines is 1. The van der Waals surface area contributed by atoms with Gasteiger partial charge in [-0.2, -0.15) is 10.1 Å². The molecular weight excluding hydrogens is 274 g/mol. The van der Waals surface area contributed by atoms with Crippen LogP contribution >= 0.6 is 0 Å². The van der Waals surface area contributed by atoms with Gasteiger partial charge in [0, 0.05) is 0 Å². The Morgan fingerprint density at radius 3 is 2.86 bits per heavy atom. The molecule has 0 unspecified atom stereocenters. The Hall–Kier alpha value is -2.64. The summed E-state index contributed by atoms with van der Waals surface area (Å²) in [6.45, 7) is 5.74. The van der Waals surface area contributed by atoms with Crippen molar-refractivity contribution in [1.82, 2.24) is 19.7 Å². The van der Waals surface area contributed by atoms with Gasteiger partial charge in [-0.15, -0.1) is 0 Å². The van der Waals surface area contributed by atoms with Gasteiger partial charge < -0.3 is 15.2 Å². The minimum absolute atomic E-state index is 0.0210. The van der Waals surface area contributed by atoms with E-state index in [4.69, 9.17) is 15.2 Å². The highest BCUT2D eigenvalue weighted by atomic mass is 16.5. The molecule has 0 atom stereocenters. The van der Waals surface area contributed by atoms with Crippen molar-refractivity contribution in [2.75, 3.05) is 12.3 Å². The number of esters is 1. The fourth-order valence-electron chi connectivity index (χ4n) is 1.61. The molecule has 0 saturated heterocycles. The van der Waals surface area contributed by atoms with Crippen molar-refractivity contribution in [2.45, 2.75) is 26.9 Å². The molecule has 0 aliphatic rings. The largest absolute Gasteiger partial charge is 0.474 e. The van der Waals surface area contributed by atoms with Gasteiger partial charge in [0.1, 0.15) is 0 Å². The van der Waals surface area contributed by atoms with E-state index in [9.17, 15) is 4.79 Å². The molecule has 0 aromatic carbocycles. The van der Waals surface area contributed by atoms with E-state index in [1.165, 1.54) is 23.3 Å². The molecule has 0 fully saturated rings. The van der Waals surface area contributed by atoms with Gasteiger partial charge >= 0.3 is 5.97 Å². The lowest BCUT2D eigenvalue weighted by Crippen LogP contribution is -2.10. The molecule has 8 nitrogen and oxygen atoms in total. The Morgan fingerprint density at radius 1 is 1.43 bits per heavy atom. The van der Waals surface area contributed by atoms with Crippen LogP contribution in [0.4, 0.5) is 5.69 Å². The van der Waals surface area contributed by atoms with Crippen molar-refractivity contribution in [3.63, 3.8) is 0 Å². The first-order valence-corrected chi connectivity index (χ1v) is 6.52. The Kier molecular flexibility index (Phi) is 4.36.